The summed E-state index contributed by atoms with van der Waals surface area (Å²) in [6.45, 7) is 12.3. The van der Waals surface area contributed by atoms with Crippen LogP contribution in [-0.4, -0.2) is 58.3 Å². The Morgan fingerprint density at radius 3 is 1.36 bits per heavy atom. The third-order valence-electron chi connectivity index (χ3n) is 19.3. The Hall–Kier alpha value is -5.98. The lowest BCUT2D eigenvalue weighted by Gasteiger charge is -2.13. The molecule has 8 bridgehead atoms. The van der Waals surface area contributed by atoms with Crippen LogP contribution in [0.25, 0.3) is 21.9 Å². The van der Waals surface area contributed by atoms with Gasteiger partial charge in [-0.15, -0.1) is 0 Å². The van der Waals surface area contributed by atoms with Gasteiger partial charge < -0.3 is 19.0 Å². The van der Waals surface area contributed by atoms with E-state index in [1.807, 2.05) is 0 Å². The van der Waals surface area contributed by atoms with Crippen molar-refractivity contribution in [2.75, 3.05) is 13.2 Å². The van der Waals surface area contributed by atoms with Crippen molar-refractivity contribution in [3.63, 3.8) is 0 Å². The van der Waals surface area contributed by atoms with E-state index in [2.05, 4.69) is 108 Å². The fraction of sp³-hybridized carbons (Fsp3) is 0.605. The number of hydrogen-bond donors (Lipinski definition) is 1. The van der Waals surface area contributed by atoms with Gasteiger partial charge in [-0.1, -0.05) is 242 Å². The third-order valence-corrected chi connectivity index (χ3v) is 19.3. The number of rotatable bonds is 40. The molecule has 2 fully saturated rings. The van der Waals surface area contributed by atoms with Crippen molar-refractivity contribution < 1.29 is 19.0 Å². The van der Waals surface area contributed by atoms with Gasteiger partial charge in [0.1, 0.15) is 11.6 Å². The van der Waals surface area contributed by atoms with Crippen LogP contribution in [0.5, 0.6) is 0 Å². The van der Waals surface area contributed by atoms with E-state index in [4.69, 9.17) is 39.4 Å². The number of pyridine rings is 2. The summed E-state index contributed by atoms with van der Waals surface area (Å²) >= 11 is 0. The number of hydrogen-bond acceptors (Lipinski definition) is 8. The molecular weight excluding hydrogens is 1080 g/mol. The van der Waals surface area contributed by atoms with Gasteiger partial charge in [0, 0.05) is 40.4 Å². The minimum absolute atomic E-state index is 0.211. The standard InChI is InChI=1S/C76H105N10O2/c1-5-9-13-17-21-25-29-33-37-55-41-43-57(39-35-31-27-23-19-15-11-7-3)67-65(55)73-79-69-61-45-47-85(49-59-53-87-59)51-63(61)72(77-69)82-76-68-58(40-36-32-28-24-20-16-12-8-4)44-42-56(38-34-30-26-22-18-14-10-6-2)66(68)74(84-76)80-70-62-46-48-86(50-60-54-88-60)52-64(62)71(78-70)81-75(67)83-73/h41-48,51-52,59-60H,5-40,49-50,53-54H2,1-4H3,(H,77,78,79,80,81,82,83,84)/q+1/p+1. The fourth-order valence-corrected chi connectivity index (χ4v) is 14.0. The maximum atomic E-state index is 5.80. The third kappa shape index (κ3) is 16.9. The van der Waals surface area contributed by atoms with Crippen LogP contribution in [0.3, 0.4) is 0 Å². The molecule has 12 nitrogen and oxygen atoms in total. The largest absolute Gasteiger partial charge is 0.371 e. The summed E-state index contributed by atoms with van der Waals surface area (Å²) in [6, 6.07) is 14.1. The first-order chi connectivity index (χ1) is 43.5. The first kappa shape index (κ1) is 63.6. The lowest BCUT2D eigenvalue weighted by atomic mass is 9.90. The second-order valence-corrected chi connectivity index (χ2v) is 26.6. The number of nitrogens with zero attached hydrogens (tertiary/aromatic N) is 8. The van der Waals surface area contributed by atoms with Gasteiger partial charge in [0.25, 0.3) is 11.6 Å². The van der Waals surface area contributed by atoms with Crippen molar-refractivity contribution >= 4 is 45.8 Å². The van der Waals surface area contributed by atoms with Crippen LogP contribution < -0.4 is 20.5 Å². The van der Waals surface area contributed by atoms with Crippen LogP contribution in [0.1, 0.15) is 278 Å². The van der Waals surface area contributed by atoms with Crippen molar-refractivity contribution in [1.82, 2.24) is 9.55 Å². The molecule has 4 aromatic rings. The smallest absolute Gasteiger partial charge is 0.272 e. The lowest BCUT2D eigenvalue weighted by Crippen LogP contribution is -2.36. The van der Waals surface area contributed by atoms with Gasteiger partial charge in [-0.25, -0.2) is 24.5 Å². The van der Waals surface area contributed by atoms with E-state index in [0.717, 1.165) is 134 Å². The summed E-state index contributed by atoms with van der Waals surface area (Å²) < 4.78 is 16.1. The molecule has 2 unspecified atom stereocenters. The van der Waals surface area contributed by atoms with Crippen LogP contribution in [0.4, 0.5) is 11.6 Å². The molecule has 470 valence electrons. The second-order valence-electron chi connectivity index (χ2n) is 26.6. The van der Waals surface area contributed by atoms with E-state index < -0.39 is 0 Å². The second kappa shape index (κ2) is 32.7. The Balaban J connectivity index is 1.07. The summed E-state index contributed by atoms with van der Waals surface area (Å²) in [5.41, 5.74) is 13.0. The molecular formula is C76H106N10O2+2. The number of aromatic nitrogens is 4. The average Bonchev–Trinajstić information content (AvgIpc) is 1.83. The molecule has 2 aromatic carbocycles. The van der Waals surface area contributed by atoms with Gasteiger partial charge >= 0.3 is 0 Å². The van der Waals surface area contributed by atoms with E-state index in [1.54, 1.807) is 0 Å². The fourth-order valence-electron chi connectivity index (χ4n) is 14.0. The molecule has 7 aliphatic heterocycles. The topological polar surface area (TPSA) is 138 Å². The molecule has 9 heterocycles. The minimum atomic E-state index is 0.211. The van der Waals surface area contributed by atoms with Crippen molar-refractivity contribution in [2.24, 2.45) is 30.0 Å². The van der Waals surface area contributed by atoms with Gasteiger partial charge in [-0.3, -0.25) is 0 Å². The summed E-state index contributed by atoms with van der Waals surface area (Å²) in [5, 5.41) is 2.34. The van der Waals surface area contributed by atoms with Gasteiger partial charge in [0.05, 0.1) is 48.1 Å². The number of H-pyrrole nitrogens is 2. The van der Waals surface area contributed by atoms with Crippen LogP contribution in [0, 0.1) is 0 Å². The monoisotopic (exact) mass is 1190 g/mol. The Morgan fingerprint density at radius 2 is 0.852 bits per heavy atom. The number of benzene rings is 2. The van der Waals surface area contributed by atoms with Gasteiger partial charge in [0.2, 0.25) is 11.3 Å². The van der Waals surface area contributed by atoms with E-state index in [0.29, 0.717) is 23.3 Å². The van der Waals surface area contributed by atoms with E-state index in [-0.39, 0.29) is 12.2 Å². The van der Waals surface area contributed by atoms with Crippen molar-refractivity contribution in [2.45, 2.75) is 284 Å². The highest BCUT2D eigenvalue weighted by atomic mass is 16.6. The SMILES string of the molecule is CCCCCCCCCCc1ccc(CCCCCCCCCC)c2c1C1=NC2=Nc2[nH+]c(c3ccn(CC4CO4)cc2-3)N=c2[nH]c(c3c(CCCCCCCCCC)ccc(CCCCCCCCCC)c23)=NC2=NC(=N1)c1cc[n+](CC3CO3)cc12. The number of amidine groups is 4. The highest BCUT2D eigenvalue weighted by Crippen LogP contribution is 2.39. The van der Waals surface area contributed by atoms with Gasteiger partial charge in [-0.05, 0) is 79.7 Å². The zero-order chi connectivity index (χ0) is 60.3. The molecule has 2 N–H and O–H groups in total. The number of unbranched alkanes of at least 4 members (excludes halogenated alkanes) is 28. The quantitative estimate of drug-likeness (QED) is 0.0233. The van der Waals surface area contributed by atoms with Gasteiger partial charge in [0.15, 0.2) is 36.4 Å². The number of nitrogens with one attached hydrogen (secondary N) is 2. The van der Waals surface area contributed by atoms with Gasteiger partial charge in [-0.2, -0.15) is 4.99 Å². The predicted molar refractivity (Wildman–Crippen MR) is 362 cm³/mol. The summed E-state index contributed by atoms with van der Waals surface area (Å²) in [7, 11) is 0. The lowest BCUT2D eigenvalue weighted by molar-refractivity contribution is -0.698. The average molecular weight is 1190 g/mol. The minimum Gasteiger partial charge on any atom is -0.371 e. The number of ether oxygens (including phenoxy) is 2. The zero-order valence-electron chi connectivity index (χ0n) is 54.6. The molecule has 12 heteroatoms. The highest BCUT2D eigenvalue weighted by Gasteiger charge is 2.36. The predicted octanol–water partition coefficient (Wildman–Crippen LogP) is 17.3. The van der Waals surface area contributed by atoms with Crippen molar-refractivity contribution in [3.8, 4) is 11.1 Å². The van der Waals surface area contributed by atoms with E-state index in [9.17, 15) is 0 Å². The maximum absolute atomic E-state index is 5.80. The molecule has 0 amide bonds. The molecule has 0 saturated carbocycles. The first-order valence-electron chi connectivity index (χ1n) is 35.9. The summed E-state index contributed by atoms with van der Waals surface area (Å²) in [5.74, 6) is 4.21. The number of fused-ring (bicyclic) bond motifs is 18. The highest BCUT2D eigenvalue weighted by molar-refractivity contribution is 6.30. The molecule has 2 atom stereocenters. The molecule has 0 aliphatic carbocycles. The molecule has 2 saturated heterocycles. The molecule has 7 aliphatic rings. The Bertz CT molecular complexity index is 3480. The summed E-state index contributed by atoms with van der Waals surface area (Å²) in [4.78, 5) is 42.0. The Kier molecular flexibility index (Phi) is 23.6. The first-order valence-corrected chi connectivity index (χ1v) is 35.9. The molecule has 0 radical (unpaired) electrons. The number of aryl methyl sites for hydroxylation is 4. The number of aliphatic imine (C=N–C) groups is 4. The van der Waals surface area contributed by atoms with Crippen molar-refractivity contribution in [3.05, 3.63) is 117 Å². The molecule has 88 heavy (non-hydrogen) atoms. The van der Waals surface area contributed by atoms with E-state index in [1.165, 1.54) is 213 Å². The summed E-state index contributed by atoms with van der Waals surface area (Å²) in [6.07, 6.45) is 53.9. The molecule has 2 aromatic heterocycles. The van der Waals surface area contributed by atoms with Crippen LogP contribution in [0.15, 0.2) is 91.1 Å². The number of epoxide rings is 2. The normalized spacial score (nSPS) is 16.4. The van der Waals surface area contributed by atoms with Crippen LogP contribution in [0.2, 0.25) is 0 Å². The zero-order valence-corrected chi connectivity index (χ0v) is 54.6. The van der Waals surface area contributed by atoms with Crippen molar-refractivity contribution in [1.29, 1.82) is 0 Å². The Labute approximate surface area is 526 Å². The number of aromatic amines is 2. The van der Waals surface area contributed by atoms with E-state index >= 15 is 0 Å². The maximum Gasteiger partial charge on any atom is 0.272 e. The Morgan fingerprint density at radius 1 is 0.432 bits per heavy atom. The van der Waals surface area contributed by atoms with Crippen LogP contribution in [-0.2, 0) is 48.2 Å². The molecule has 11 rings (SSSR count). The molecule has 0 spiro atoms. The van der Waals surface area contributed by atoms with Crippen LogP contribution >= 0.6 is 0 Å².